The van der Waals surface area contributed by atoms with Crippen molar-refractivity contribution in [1.29, 1.82) is 0 Å². The van der Waals surface area contributed by atoms with E-state index in [4.69, 9.17) is 0 Å². The third-order valence-electron chi connectivity index (χ3n) is 7.25. The molecule has 0 aliphatic carbocycles. The second-order valence-corrected chi connectivity index (χ2v) is 12.5. The number of carbonyl (C=O) groups is 4. The van der Waals surface area contributed by atoms with E-state index in [0.717, 1.165) is 11.8 Å². The van der Waals surface area contributed by atoms with Gasteiger partial charge in [-0.25, -0.2) is 23.0 Å². The Hall–Kier alpha value is -3.03. The van der Waals surface area contributed by atoms with Crippen molar-refractivity contribution in [2.75, 3.05) is 19.3 Å². The minimum Gasteiger partial charge on any atom is -0.321 e. The summed E-state index contributed by atoms with van der Waals surface area (Å²) in [5.41, 5.74) is 3.83. The molecule has 12 nitrogen and oxygen atoms in total. The number of hydroxylamine groups is 1. The lowest BCUT2D eigenvalue weighted by molar-refractivity contribution is -0.146. The maximum atomic E-state index is 13.4. The lowest BCUT2D eigenvalue weighted by atomic mass is 9.81. The molecule has 2 fully saturated rings. The fourth-order valence-corrected chi connectivity index (χ4v) is 6.03. The summed E-state index contributed by atoms with van der Waals surface area (Å²) in [7, 11) is -3.44. The normalized spacial score (nSPS) is 19.3. The number of hydrogen-bond acceptors (Lipinski definition) is 7. The lowest BCUT2D eigenvalue weighted by Crippen LogP contribution is -2.57. The van der Waals surface area contributed by atoms with Gasteiger partial charge in [0.2, 0.25) is 21.8 Å². The van der Waals surface area contributed by atoms with Crippen LogP contribution in [0.4, 0.5) is 4.79 Å². The predicted molar refractivity (Wildman–Crippen MR) is 138 cm³/mol. The topological polar surface area (TPSA) is 165 Å². The van der Waals surface area contributed by atoms with Crippen LogP contribution in [0.5, 0.6) is 0 Å². The molecule has 1 aromatic carbocycles. The molecule has 1 spiro atoms. The van der Waals surface area contributed by atoms with Crippen LogP contribution in [0.15, 0.2) is 30.3 Å². The van der Waals surface area contributed by atoms with Gasteiger partial charge in [0.05, 0.1) is 18.1 Å². The zero-order valence-electron chi connectivity index (χ0n) is 22.0. The minimum absolute atomic E-state index is 0.00337. The number of piperidine rings is 1. The van der Waals surface area contributed by atoms with Crippen molar-refractivity contribution in [1.82, 2.24) is 25.5 Å². The van der Waals surface area contributed by atoms with Gasteiger partial charge in [0, 0.05) is 13.1 Å². The Kier molecular flexibility index (Phi) is 9.49. The fourth-order valence-electron chi connectivity index (χ4n) is 5.18. The molecule has 1 unspecified atom stereocenters. The van der Waals surface area contributed by atoms with Gasteiger partial charge < -0.3 is 5.32 Å². The highest BCUT2D eigenvalue weighted by Gasteiger charge is 2.54. The van der Waals surface area contributed by atoms with Crippen LogP contribution in [0.3, 0.4) is 0 Å². The van der Waals surface area contributed by atoms with Gasteiger partial charge in [-0.05, 0) is 50.0 Å². The van der Waals surface area contributed by atoms with Crippen LogP contribution in [0.25, 0.3) is 0 Å². The van der Waals surface area contributed by atoms with Crippen LogP contribution >= 0.6 is 0 Å². The number of hydrazine groups is 1. The molecule has 4 N–H and O–H groups in total. The number of benzene rings is 1. The summed E-state index contributed by atoms with van der Waals surface area (Å²) in [5.74, 6) is -3.86. The minimum atomic E-state index is -3.44. The summed E-state index contributed by atoms with van der Waals surface area (Å²) >= 11 is 0. The van der Waals surface area contributed by atoms with Crippen LogP contribution < -0.4 is 16.2 Å². The van der Waals surface area contributed by atoms with Gasteiger partial charge in [-0.2, -0.15) is 5.01 Å². The Morgan fingerprint density at radius 1 is 1.08 bits per heavy atom. The molecule has 13 heteroatoms. The third-order valence-corrected chi connectivity index (χ3v) is 8.55. The van der Waals surface area contributed by atoms with Gasteiger partial charge in [0.25, 0.3) is 5.91 Å². The molecule has 0 radical (unpaired) electrons. The van der Waals surface area contributed by atoms with Gasteiger partial charge in [0.1, 0.15) is 5.54 Å². The Balaban J connectivity index is 1.73. The highest BCUT2D eigenvalue weighted by molar-refractivity contribution is 7.88. The summed E-state index contributed by atoms with van der Waals surface area (Å²) < 4.78 is 24.9. The van der Waals surface area contributed by atoms with Crippen molar-refractivity contribution in [3.8, 4) is 0 Å². The Bertz CT molecular complexity index is 1130. The van der Waals surface area contributed by atoms with Crippen molar-refractivity contribution < 1.29 is 32.8 Å². The van der Waals surface area contributed by atoms with E-state index in [0.29, 0.717) is 24.3 Å². The molecule has 0 saturated carbocycles. The highest BCUT2D eigenvalue weighted by atomic mass is 32.2. The summed E-state index contributed by atoms with van der Waals surface area (Å²) in [6.45, 7) is 3.89. The number of rotatable bonds is 11. The van der Waals surface area contributed by atoms with E-state index in [2.05, 4.69) is 10.7 Å². The zero-order chi connectivity index (χ0) is 28.1. The van der Waals surface area contributed by atoms with E-state index in [1.54, 1.807) is 5.48 Å². The van der Waals surface area contributed by atoms with E-state index in [1.165, 1.54) is 4.31 Å². The molecule has 2 atom stereocenters. The number of urea groups is 1. The second kappa shape index (κ2) is 12.2. The number of amides is 5. The molecule has 0 bridgehead atoms. The molecular weight excluding hydrogens is 514 g/mol. The number of aryl methyl sites for hydroxylation is 1. The molecule has 210 valence electrons. The number of hydrogen-bond donors (Lipinski definition) is 4. The Morgan fingerprint density at radius 3 is 2.26 bits per heavy atom. The third kappa shape index (κ3) is 6.88. The van der Waals surface area contributed by atoms with E-state index >= 15 is 0 Å². The summed E-state index contributed by atoms with van der Waals surface area (Å²) in [6, 6.07) is 8.85. The number of nitrogens with one attached hydrogen (secondary N) is 3. The smallest absolute Gasteiger partial charge is 0.321 e. The molecule has 5 amide bonds. The maximum absolute atomic E-state index is 13.4. The van der Waals surface area contributed by atoms with Gasteiger partial charge in [0.15, 0.2) is 0 Å². The average molecular weight is 552 g/mol. The molecule has 2 aliphatic heterocycles. The summed E-state index contributed by atoms with van der Waals surface area (Å²) in [6.07, 6.45) is 3.06. The van der Waals surface area contributed by atoms with Crippen LogP contribution in [-0.2, 0) is 30.8 Å². The van der Waals surface area contributed by atoms with E-state index in [-0.39, 0.29) is 38.3 Å². The van der Waals surface area contributed by atoms with Gasteiger partial charge >= 0.3 is 6.03 Å². The first-order valence-electron chi connectivity index (χ1n) is 12.8. The quantitative estimate of drug-likeness (QED) is 0.182. The fraction of sp³-hybridized carbons (Fsp3) is 0.600. The van der Waals surface area contributed by atoms with Crippen LogP contribution in [0, 0.1) is 17.8 Å². The Morgan fingerprint density at radius 2 is 1.71 bits per heavy atom. The Labute approximate surface area is 223 Å². The first-order chi connectivity index (χ1) is 17.9. The number of imide groups is 1. The van der Waals surface area contributed by atoms with Crippen LogP contribution in [-0.4, -0.2) is 71.6 Å². The van der Waals surface area contributed by atoms with Crippen molar-refractivity contribution in [3.05, 3.63) is 35.9 Å². The number of sulfonamides is 1. The highest BCUT2D eigenvalue weighted by Crippen LogP contribution is 2.31. The summed E-state index contributed by atoms with van der Waals surface area (Å²) in [4.78, 5) is 52.1. The SMILES string of the molecule is CC(C)CC(C(=O)NN1C(=O)NC2(CCN(S(C)(=O)=O)CC2)C1=O)[C@@H](CCCc1ccccc1)C(=O)NO. The molecule has 2 heterocycles. The number of nitrogens with zero attached hydrogens (tertiary/aromatic N) is 2. The first kappa shape index (κ1) is 29.5. The molecule has 2 aliphatic rings. The van der Waals surface area contributed by atoms with Crippen molar-refractivity contribution in [2.45, 2.75) is 57.9 Å². The number of carbonyl (C=O) groups excluding carboxylic acids is 4. The average Bonchev–Trinajstić information content (AvgIpc) is 3.09. The van der Waals surface area contributed by atoms with Crippen molar-refractivity contribution in [3.63, 3.8) is 0 Å². The predicted octanol–water partition coefficient (Wildman–Crippen LogP) is 1.17. The van der Waals surface area contributed by atoms with Crippen molar-refractivity contribution >= 4 is 33.8 Å². The van der Waals surface area contributed by atoms with Gasteiger partial charge in [-0.1, -0.05) is 44.2 Å². The largest absolute Gasteiger partial charge is 0.344 e. The molecular formula is C25H37N5O7S. The van der Waals surface area contributed by atoms with Crippen LogP contribution in [0.1, 0.15) is 51.5 Å². The standard InChI is InChI=1S/C25H37N5O7S/c1-17(2)16-20(19(22(32)28-35)11-7-10-18-8-5-4-6-9-18)21(31)27-30-23(33)25(26-24(30)34)12-14-29(15-13-25)38(3,36)37/h4-6,8-9,17,19-20,35H,7,10-16H2,1-3H3,(H,26,34)(H,27,31)(H,28,32)/t19-,20?/m1/s1. The molecule has 3 rings (SSSR count). The van der Waals surface area contributed by atoms with Crippen LogP contribution in [0.2, 0.25) is 0 Å². The lowest BCUT2D eigenvalue weighted by Gasteiger charge is -2.35. The summed E-state index contributed by atoms with van der Waals surface area (Å²) in [5, 5.41) is 12.6. The van der Waals surface area contributed by atoms with Crippen molar-refractivity contribution in [2.24, 2.45) is 17.8 Å². The van der Waals surface area contributed by atoms with Gasteiger partial charge in [-0.3, -0.25) is 25.0 Å². The van der Waals surface area contributed by atoms with Gasteiger partial charge in [-0.15, -0.1) is 0 Å². The molecule has 1 aromatic rings. The first-order valence-corrected chi connectivity index (χ1v) is 14.6. The van der Waals surface area contributed by atoms with E-state index in [9.17, 15) is 32.8 Å². The maximum Gasteiger partial charge on any atom is 0.344 e. The monoisotopic (exact) mass is 551 g/mol. The molecule has 2 saturated heterocycles. The van der Waals surface area contributed by atoms with E-state index < -0.39 is 51.2 Å². The molecule has 38 heavy (non-hydrogen) atoms. The second-order valence-electron chi connectivity index (χ2n) is 10.5. The zero-order valence-corrected chi connectivity index (χ0v) is 22.8. The molecule has 0 aromatic heterocycles. The van der Waals surface area contributed by atoms with E-state index in [1.807, 2.05) is 44.2 Å².